The van der Waals surface area contributed by atoms with Crippen molar-refractivity contribution in [2.75, 3.05) is 6.61 Å². The number of aromatic nitrogens is 3. The molecule has 0 saturated carbocycles. The van der Waals surface area contributed by atoms with Crippen LogP contribution in [0.1, 0.15) is 44.9 Å². The average molecular weight is 547 g/mol. The average Bonchev–Trinajstić information content (AvgIpc) is 3.31. The van der Waals surface area contributed by atoms with E-state index >= 15 is 0 Å². The van der Waals surface area contributed by atoms with Gasteiger partial charge >= 0.3 is 11.7 Å². The highest BCUT2D eigenvalue weighted by molar-refractivity contribution is 7.07. The molecule has 0 radical (unpaired) electrons. The largest absolute Gasteiger partial charge is 0.494 e. The summed E-state index contributed by atoms with van der Waals surface area (Å²) in [6.45, 7) is 7.78. The number of nitrogens with zero attached hydrogens (tertiary/aromatic N) is 4. The predicted molar refractivity (Wildman–Crippen MR) is 151 cm³/mol. The first kappa shape index (κ1) is 26.4. The Morgan fingerprint density at radius 1 is 1.08 bits per heavy atom. The second kappa shape index (κ2) is 10.2. The molecule has 0 unspecified atom stereocenters. The van der Waals surface area contributed by atoms with Gasteiger partial charge in [-0.3, -0.25) is 18.5 Å². The van der Waals surface area contributed by atoms with Crippen LogP contribution in [0.4, 0.5) is 0 Å². The van der Waals surface area contributed by atoms with Gasteiger partial charge in [0.2, 0.25) is 0 Å². The molecule has 2 aromatic heterocycles. The lowest BCUT2D eigenvalue weighted by Crippen LogP contribution is -2.40. The number of aryl methyl sites for hydroxylation is 2. The number of hydrogen-bond donors (Lipinski definition) is 0. The van der Waals surface area contributed by atoms with Gasteiger partial charge in [-0.25, -0.2) is 14.6 Å². The van der Waals surface area contributed by atoms with Crippen LogP contribution in [0.15, 0.2) is 68.3 Å². The molecular weight excluding hydrogens is 516 g/mol. The Hall–Kier alpha value is -4.18. The van der Waals surface area contributed by atoms with Gasteiger partial charge in [-0.1, -0.05) is 29.5 Å². The highest BCUT2D eigenvalue weighted by atomic mass is 32.1. The standard InChI is InChI=1S/C29H30N4O5S/c1-7-37-20-11-9-19(10-12-20)25-24(27(35)38-16(2)3)17(4)30-28-33(25)26(34)23(39-28)15-18-8-13-21-22(14-18)32(6)29(36)31(21)5/h8-16,25H,7H2,1-6H3/b23-15+/t25-/m0/s1. The van der Waals surface area contributed by atoms with E-state index in [1.165, 1.54) is 11.3 Å². The Bertz CT molecular complexity index is 1870. The smallest absolute Gasteiger partial charge is 0.338 e. The van der Waals surface area contributed by atoms with Crippen LogP contribution >= 0.6 is 11.3 Å². The molecule has 0 aliphatic carbocycles. The Labute approximate surface area is 228 Å². The molecule has 1 aliphatic rings. The van der Waals surface area contributed by atoms with E-state index in [2.05, 4.69) is 4.99 Å². The van der Waals surface area contributed by atoms with Crippen LogP contribution in [0.25, 0.3) is 17.1 Å². The summed E-state index contributed by atoms with van der Waals surface area (Å²) in [4.78, 5) is 44.6. The van der Waals surface area contributed by atoms with Crippen molar-refractivity contribution < 1.29 is 14.3 Å². The van der Waals surface area contributed by atoms with Gasteiger partial charge in [0.1, 0.15) is 5.75 Å². The maximum atomic E-state index is 13.9. The van der Waals surface area contributed by atoms with Crippen molar-refractivity contribution in [3.63, 3.8) is 0 Å². The lowest BCUT2D eigenvalue weighted by molar-refractivity contribution is -0.143. The van der Waals surface area contributed by atoms with Gasteiger partial charge in [0.15, 0.2) is 4.80 Å². The molecule has 2 aromatic carbocycles. The van der Waals surface area contributed by atoms with Crippen molar-refractivity contribution in [3.8, 4) is 5.75 Å². The zero-order valence-electron chi connectivity index (χ0n) is 22.7. The number of ether oxygens (including phenoxy) is 2. The minimum Gasteiger partial charge on any atom is -0.494 e. The predicted octanol–water partition coefficient (Wildman–Crippen LogP) is 2.78. The summed E-state index contributed by atoms with van der Waals surface area (Å²) in [7, 11) is 3.45. The number of thiazole rings is 1. The summed E-state index contributed by atoms with van der Waals surface area (Å²) in [6, 6.07) is 12.3. The first-order chi connectivity index (χ1) is 18.6. The lowest BCUT2D eigenvalue weighted by Gasteiger charge is -2.25. The minimum absolute atomic E-state index is 0.117. The van der Waals surface area contributed by atoms with Crippen molar-refractivity contribution in [2.24, 2.45) is 19.1 Å². The Morgan fingerprint density at radius 3 is 2.44 bits per heavy atom. The van der Waals surface area contributed by atoms with Crippen molar-refractivity contribution >= 4 is 34.4 Å². The number of rotatable bonds is 6. The van der Waals surface area contributed by atoms with Gasteiger partial charge < -0.3 is 9.47 Å². The molecular formula is C29H30N4O5S. The molecule has 0 spiro atoms. The van der Waals surface area contributed by atoms with Gasteiger partial charge in [0, 0.05) is 14.1 Å². The third kappa shape index (κ3) is 4.65. The number of esters is 1. The summed E-state index contributed by atoms with van der Waals surface area (Å²) in [5.74, 6) is 0.196. The first-order valence-electron chi connectivity index (χ1n) is 12.7. The molecule has 0 bridgehead atoms. The molecule has 0 amide bonds. The Balaban J connectivity index is 1.69. The molecule has 10 heteroatoms. The summed E-state index contributed by atoms with van der Waals surface area (Å²) < 4.78 is 16.4. The monoisotopic (exact) mass is 546 g/mol. The number of imidazole rings is 1. The molecule has 0 saturated heterocycles. The second-order valence-corrected chi connectivity index (χ2v) is 10.7. The van der Waals surface area contributed by atoms with E-state index in [0.717, 1.165) is 22.2 Å². The van der Waals surface area contributed by atoms with E-state index in [9.17, 15) is 14.4 Å². The van der Waals surface area contributed by atoms with Gasteiger partial charge in [-0.05, 0) is 69.2 Å². The topological polar surface area (TPSA) is 96.8 Å². The summed E-state index contributed by atoms with van der Waals surface area (Å²) >= 11 is 1.26. The van der Waals surface area contributed by atoms with Crippen LogP contribution in [0, 0.1) is 0 Å². The van der Waals surface area contributed by atoms with Crippen molar-refractivity contribution in [1.29, 1.82) is 0 Å². The van der Waals surface area contributed by atoms with Crippen LogP contribution in [-0.4, -0.2) is 32.4 Å². The second-order valence-electron chi connectivity index (χ2n) is 9.69. The number of carbonyl (C=O) groups excluding carboxylic acids is 1. The number of allylic oxidation sites excluding steroid dienone is 1. The van der Waals surface area contributed by atoms with Crippen molar-refractivity contribution in [3.05, 3.63) is 95.0 Å². The molecule has 3 heterocycles. The van der Waals surface area contributed by atoms with Crippen LogP contribution in [0.3, 0.4) is 0 Å². The van der Waals surface area contributed by atoms with E-state index in [4.69, 9.17) is 9.47 Å². The fourth-order valence-corrected chi connectivity index (χ4v) is 5.90. The van der Waals surface area contributed by atoms with Crippen molar-refractivity contribution in [1.82, 2.24) is 13.7 Å². The third-order valence-corrected chi connectivity index (χ3v) is 7.67. The zero-order valence-corrected chi connectivity index (χ0v) is 23.5. The number of hydrogen-bond acceptors (Lipinski definition) is 7. The number of benzene rings is 2. The highest BCUT2D eigenvalue weighted by Gasteiger charge is 2.33. The lowest BCUT2D eigenvalue weighted by atomic mass is 9.96. The van der Waals surface area contributed by atoms with E-state index in [-0.39, 0.29) is 17.4 Å². The summed E-state index contributed by atoms with van der Waals surface area (Å²) in [6.07, 6.45) is 1.47. The molecule has 9 nitrogen and oxygen atoms in total. The molecule has 5 rings (SSSR count). The van der Waals surface area contributed by atoms with Crippen molar-refractivity contribution in [2.45, 2.75) is 39.8 Å². The molecule has 1 atom stereocenters. The van der Waals surface area contributed by atoms with Gasteiger partial charge in [0.05, 0.1) is 45.6 Å². The normalized spacial score (nSPS) is 15.6. The first-order valence-corrected chi connectivity index (χ1v) is 13.5. The van der Waals surface area contributed by atoms with Crippen LogP contribution in [0.2, 0.25) is 0 Å². The molecule has 202 valence electrons. The Morgan fingerprint density at radius 2 is 1.77 bits per heavy atom. The number of fused-ring (bicyclic) bond motifs is 2. The molecule has 0 fully saturated rings. The van der Waals surface area contributed by atoms with Crippen LogP contribution < -0.4 is 25.3 Å². The van der Waals surface area contributed by atoms with Crippen LogP contribution in [-0.2, 0) is 23.6 Å². The van der Waals surface area contributed by atoms with Gasteiger partial charge in [-0.15, -0.1) is 0 Å². The fourth-order valence-electron chi connectivity index (χ4n) is 4.85. The minimum atomic E-state index is -0.706. The summed E-state index contributed by atoms with van der Waals surface area (Å²) in [5.41, 5.74) is 3.56. The van der Waals surface area contributed by atoms with E-state index in [1.807, 2.05) is 49.4 Å². The molecule has 39 heavy (non-hydrogen) atoms. The maximum Gasteiger partial charge on any atom is 0.338 e. The fraction of sp³-hybridized carbons (Fsp3) is 0.310. The van der Waals surface area contributed by atoms with Gasteiger partial charge in [-0.2, -0.15) is 0 Å². The van der Waals surface area contributed by atoms with Crippen LogP contribution in [0.5, 0.6) is 5.75 Å². The Kier molecular flexibility index (Phi) is 6.90. The number of carbonyl (C=O) groups is 1. The highest BCUT2D eigenvalue weighted by Crippen LogP contribution is 2.32. The van der Waals surface area contributed by atoms with E-state index in [0.29, 0.717) is 33.0 Å². The zero-order chi connectivity index (χ0) is 28.0. The molecule has 4 aromatic rings. The SMILES string of the molecule is CCOc1ccc([C@H]2C(C(=O)OC(C)C)=C(C)N=c3s/c(=C/c4ccc5c(c4)n(C)c(=O)n5C)c(=O)n32)cc1. The summed E-state index contributed by atoms with van der Waals surface area (Å²) in [5, 5.41) is 0. The third-order valence-electron chi connectivity index (χ3n) is 6.68. The molecule has 1 aliphatic heterocycles. The van der Waals surface area contributed by atoms with Gasteiger partial charge in [0.25, 0.3) is 5.56 Å². The van der Waals surface area contributed by atoms with E-state index < -0.39 is 12.0 Å². The van der Waals surface area contributed by atoms with E-state index in [1.54, 1.807) is 54.6 Å². The maximum absolute atomic E-state index is 13.9. The quantitative estimate of drug-likeness (QED) is 0.347. The molecule has 0 N–H and O–H groups in total.